The molecule has 7 rings (SSSR count). The first kappa shape index (κ1) is 36.8. The van der Waals surface area contributed by atoms with Crippen LogP contribution in [0, 0.1) is 0 Å². The average Bonchev–Trinajstić information content (AvgIpc) is 3.74. The molecular formula is C44H44N2O8. The molecule has 278 valence electrons. The quantitative estimate of drug-likeness (QED) is 0.175. The van der Waals surface area contributed by atoms with Crippen molar-refractivity contribution in [1.29, 1.82) is 0 Å². The zero-order valence-corrected chi connectivity index (χ0v) is 30.1. The standard InChI is InChI=1S/C44H44N2O8/c1-46(36(41(49)45-22-23-47)24-30-10-3-2-4-11-30)42(50)35-25-38(40-39(26-35)53-44(54-40)27-33-14-5-6-15-34(33)28-44)52-43(51)32-20-18-29(19-21-32)12-9-16-31-13-7-8-17-37(31)48/h2-15,17-21,26,36,38-40,47-48H,16,22-25,27-28H2,1H3,(H,45,49)/t36-,38-,39-,40+/m1/s1. The second-order valence-electron chi connectivity index (χ2n) is 14.0. The van der Waals surface area contributed by atoms with E-state index < -0.39 is 42.0 Å². The topological polar surface area (TPSA) is 135 Å². The Balaban J connectivity index is 1.10. The Morgan fingerprint density at radius 3 is 2.31 bits per heavy atom. The van der Waals surface area contributed by atoms with Crippen LogP contribution >= 0.6 is 0 Å². The van der Waals surface area contributed by atoms with Crippen LogP contribution in [-0.4, -0.2) is 83.2 Å². The van der Waals surface area contributed by atoms with Crippen LogP contribution in [-0.2, 0) is 49.5 Å². The predicted octanol–water partition coefficient (Wildman–Crippen LogP) is 4.96. The lowest BCUT2D eigenvalue weighted by Gasteiger charge is -2.33. The number of ether oxygens (including phenoxy) is 3. The van der Waals surface area contributed by atoms with E-state index in [0.29, 0.717) is 30.4 Å². The molecule has 1 aliphatic heterocycles. The number of hydrogen-bond acceptors (Lipinski definition) is 8. The number of carbonyl (C=O) groups excluding carboxylic acids is 3. The number of likely N-dealkylation sites (N-methyl/N-ethyl adjacent to an activating group) is 1. The van der Waals surface area contributed by atoms with Gasteiger partial charge in [0.15, 0.2) is 5.79 Å². The zero-order chi connectivity index (χ0) is 37.7. The molecule has 0 aromatic heterocycles. The van der Waals surface area contributed by atoms with Crippen molar-refractivity contribution in [3.05, 3.63) is 154 Å². The van der Waals surface area contributed by atoms with Crippen LogP contribution in [0.2, 0.25) is 0 Å². The van der Waals surface area contributed by atoms with Crippen molar-refractivity contribution < 1.29 is 38.8 Å². The van der Waals surface area contributed by atoms with Crippen molar-refractivity contribution in [1.82, 2.24) is 10.2 Å². The first-order chi connectivity index (χ1) is 26.2. The molecule has 4 aromatic rings. The van der Waals surface area contributed by atoms with Gasteiger partial charge in [0.25, 0.3) is 0 Å². The van der Waals surface area contributed by atoms with Gasteiger partial charge in [0.2, 0.25) is 11.8 Å². The molecule has 2 aliphatic carbocycles. The fourth-order valence-electron chi connectivity index (χ4n) is 7.50. The number of nitrogens with zero attached hydrogens (tertiary/aromatic N) is 1. The molecule has 0 unspecified atom stereocenters. The lowest BCUT2D eigenvalue weighted by molar-refractivity contribution is -0.172. The lowest BCUT2D eigenvalue weighted by atomic mass is 9.90. The molecule has 2 amide bonds. The number of hydrogen-bond donors (Lipinski definition) is 3. The molecule has 0 saturated carbocycles. The molecule has 1 saturated heterocycles. The van der Waals surface area contributed by atoms with E-state index in [-0.39, 0.29) is 37.6 Å². The first-order valence-corrected chi connectivity index (χ1v) is 18.3. The smallest absolute Gasteiger partial charge is 0.338 e. The van der Waals surface area contributed by atoms with Crippen molar-refractivity contribution in [2.45, 2.75) is 62.2 Å². The number of phenols is 1. The highest BCUT2D eigenvalue weighted by Gasteiger charge is 2.55. The molecule has 1 heterocycles. The van der Waals surface area contributed by atoms with Crippen LogP contribution in [0.3, 0.4) is 0 Å². The van der Waals surface area contributed by atoms with Crippen LogP contribution in [0.25, 0.3) is 6.08 Å². The number of esters is 1. The number of aromatic hydroxyl groups is 1. The summed E-state index contributed by atoms with van der Waals surface area (Å²) in [5.74, 6) is -2.06. The molecule has 3 aliphatic rings. The van der Waals surface area contributed by atoms with Crippen LogP contribution < -0.4 is 5.32 Å². The average molecular weight is 729 g/mol. The van der Waals surface area contributed by atoms with E-state index >= 15 is 0 Å². The predicted molar refractivity (Wildman–Crippen MR) is 202 cm³/mol. The Bertz CT molecular complexity index is 2020. The zero-order valence-electron chi connectivity index (χ0n) is 30.1. The largest absolute Gasteiger partial charge is 0.508 e. The summed E-state index contributed by atoms with van der Waals surface area (Å²) in [6.07, 6.45) is 5.37. The first-order valence-electron chi connectivity index (χ1n) is 18.3. The molecule has 0 radical (unpaired) electrons. The van der Waals surface area contributed by atoms with Gasteiger partial charge in [0, 0.05) is 44.8 Å². The number of carbonyl (C=O) groups is 3. The number of para-hydroxylation sites is 1. The SMILES string of the molecule is CN(C(=O)C1=C[C@H]2OC3(Cc4ccccc4C3)O[C@H]2[C@H](OC(=O)c2ccc(C=CCc3ccccc3O)cc2)C1)[C@H](Cc1ccccc1)C(=O)NCCO. The fraction of sp³-hybridized carbons (Fsp3) is 0.295. The number of nitrogens with one attached hydrogen (secondary N) is 1. The van der Waals surface area contributed by atoms with Gasteiger partial charge in [-0.2, -0.15) is 0 Å². The highest BCUT2D eigenvalue weighted by molar-refractivity contribution is 5.97. The van der Waals surface area contributed by atoms with Gasteiger partial charge in [0.1, 0.15) is 30.1 Å². The maximum Gasteiger partial charge on any atom is 0.338 e. The summed E-state index contributed by atoms with van der Waals surface area (Å²) < 4.78 is 19.5. The monoisotopic (exact) mass is 728 g/mol. The summed E-state index contributed by atoms with van der Waals surface area (Å²) in [5.41, 5.74) is 5.50. The second-order valence-corrected chi connectivity index (χ2v) is 14.0. The highest BCUT2D eigenvalue weighted by atomic mass is 16.8. The third kappa shape index (κ3) is 8.16. The molecular weight excluding hydrogens is 684 g/mol. The summed E-state index contributed by atoms with van der Waals surface area (Å²) in [7, 11) is 1.59. The summed E-state index contributed by atoms with van der Waals surface area (Å²) in [5, 5.41) is 22.1. The number of aliphatic hydroxyl groups is 1. The van der Waals surface area contributed by atoms with Gasteiger partial charge >= 0.3 is 5.97 Å². The summed E-state index contributed by atoms with van der Waals surface area (Å²) >= 11 is 0. The number of fused-ring (bicyclic) bond motifs is 2. The van der Waals surface area contributed by atoms with Crippen LogP contribution in [0.4, 0.5) is 0 Å². The number of aliphatic hydroxyl groups excluding tert-OH is 1. The number of allylic oxidation sites excluding steroid dienone is 1. The van der Waals surface area contributed by atoms with E-state index in [1.165, 1.54) is 4.90 Å². The Morgan fingerprint density at radius 2 is 1.61 bits per heavy atom. The summed E-state index contributed by atoms with van der Waals surface area (Å²) in [6, 6.07) is 30.8. The molecule has 54 heavy (non-hydrogen) atoms. The van der Waals surface area contributed by atoms with Crippen molar-refractivity contribution in [3.8, 4) is 5.75 Å². The van der Waals surface area contributed by atoms with Crippen molar-refractivity contribution in [2.75, 3.05) is 20.2 Å². The van der Waals surface area contributed by atoms with Crippen LogP contribution in [0.1, 0.15) is 44.6 Å². The number of benzene rings is 4. The van der Waals surface area contributed by atoms with Crippen molar-refractivity contribution in [3.63, 3.8) is 0 Å². The summed E-state index contributed by atoms with van der Waals surface area (Å²) in [4.78, 5) is 42.8. The van der Waals surface area contributed by atoms with E-state index in [4.69, 9.17) is 14.2 Å². The third-order valence-electron chi connectivity index (χ3n) is 10.3. The highest BCUT2D eigenvalue weighted by Crippen LogP contribution is 2.45. The van der Waals surface area contributed by atoms with Gasteiger partial charge in [-0.25, -0.2) is 4.79 Å². The van der Waals surface area contributed by atoms with E-state index in [0.717, 1.165) is 27.8 Å². The molecule has 0 bridgehead atoms. The van der Waals surface area contributed by atoms with E-state index in [1.54, 1.807) is 37.4 Å². The Labute approximate surface area is 314 Å². The maximum atomic E-state index is 14.3. The summed E-state index contributed by atoms with van der Waals surface area (Å²) in [6.45, 7) is -0.174. The van der Waals surface area contributed by atoms with Crippen molar-refractivity contribution >= 4 is 23.9 Å². The molecule has 10 nitrogen and oxygen atoms in total. The van der Waals surface area contributed by atoms with E-state index in [2.05, 4.69) is 17.4 Å². The minimum absolute atomic E-state index is 0.0573. The third-order valence-corrected chi connectivity index (χ3v) is 10.3. The van der Waals surface area contributed by atoms with E-state index in [9.17, 15) is 24.6 Å². The Morgan fingerprint density at radius 1 is 0.926 bits per heavy atom. The molecule has 3 N–H and O–H groups in total. The molecule has 4 aromatic carbocycles. The normalized spacial score (nSPS) is 20.2. The van der Waals surface area contributed by atoms with E-state index in [1.807, 2.05) is 78.9 Å². The van der Waals surface area contributed by atoms with Crippen molar-refractivity contribution in [2.24, 2.45) is 0 Å². The fourth-order valence-corrected chi connectivity index (χ4v) is 7.50. The van der Waals surface area contributed by atoms with Crippen LogP contribution in [0.15, 0.2) is 121 Å². The lowest BCUT2D eigenvalue weighted by Crippen LogP contribution is -2.51. The second kappa shape index (κ2) is 16.2. The number of phenolic OH excluding ortho intramolecular Hbond substituents is 1. The molecule has 1 fully saturated rings. The van der Waals surface area contributed by atoms with Gasteiger partial charge < -0.3 is 34.6 Å². The minimum atomic E-state index is -0.963. The minimum Gasteiger partial charge on any atom is -0.508 e. The maximum absolute atomic E-state index is 14.3. The van der Waals surface area contributed by atoms with Gasteiger partial charge in [-0.05, 0) is 58.5 Å². The molecule has 1 spiro atoms. The molecule has 10 heteroatoms. The number of amides is 2. The van der Waals surface area contributed by atoms with Crippen LogP contribution in [0.5, 0.6) is 5.75 Å². The van der Waals surface area contributed by atoms with Gasteiger partial charge in [0.05, 0.1) is 12.2 Å². The van der Waals surface area contributed by atoms with Gasteiger partial charge in [-0.3, -0.25) is 9.59 Å². The Hall–Kier alpha value is -5.55. The number of rotatable bonds is 12. The van der Waals surface area contributed by atoms with Gasteiger partial charge in [-0.15, -0.1) is 0 Å². The molecule has 4 atom stereocenters. The Kier molecular flexibility index (Phi) is 11.1. The van der Waals surface area contributed by atoms with Gasteiger partial charge in [-0.1, -0.05) is 97.1 Å².